The highest BCUT2D eigenvalue weighted by molar-refractivity contribution is 5.97. The minimum Gasteiger partial charge on any atom is -0.508 e. The molecule has 0 saturated heterocycles. The molecule has 0 fully saturated rings. The first kappa shape index (κ1) is 17.8. The molecular weight excluding hydrogens is 328 g/mol. The third kappa shape index (κ3) is 5.24. The summed E-state index contributed by atoms with van der Waals surface area (Å²) in [7, 11) is 0. The normalized spacial score (nSPS) is 9.96. The molecular formula is C17H16N2O6. The van der Waals surface area contributed by atoms with E-state index in [-0.39, 0.29) is 17.2 Å². The van der Waals surface area contributed by atoms with Crippen molar-refractivity contribution in [1.82, 2.24) is 0 Å². The zero-order chi connectivity index (χ0) is 18.4. The van der Waals surface area contributed by atoms with E-state index in [1.165, 1.54) is 19.1 Å². The van der Waals surface area contributed by atoms with Crippen LogP contribution in [-0.4, -0.2) is 34.6 Å². The van der Waals surface area contributed by atoms with Gasteiger partial charge in [0.15, 0.2) is 6.61 Å². The Balaban J connectivity index is 1.92. The lowest BCUT2D eigenvalue weighted by atomic mass is 10.2. The molecule has 2 amide bonds. The number of nitrogens with one attached hydrogen (secondary N) is 2. The number of carbonyl (C=O) groups excluding carboxylic acids is 3. The zero-order valence-electron chi connectivity index (χ0n) is 13.3. The maximum absolute atomic E-state index is 11.8. The monoisotopic (exact) mass is 344 g/mol. The Morgan fingerprint density at radius 3 is 2.32 bits per heavy atom. The van der Waals surface area contributed by atoms with Gasteiger partial charge in [0.2, 0.25) is 5.91 Å². The second-order valence-electron chi connectivity index (χ2n) is 5.09. The number of amides is 2. The van der Waals surface area contributed by atoms with Crippen molar-refractivity contribution in [3.05, 3.63) is 48.0 Å². The van der Waals surface area contributed by atoms with Gasteiger partial charge in [-0.15, -0.1) is 0 Å². The molecule has 0 radical (unpaired) electrons. The van der Waals surface area contributed by atoms with Crippen LogP contribution in [0.3, 0.4) is 0 Å². The molecule has 2 rings (SSSR count). The van der Waals surface area contributed by atoms with Crippen LogP contribution in [0.1, 0.15) is 17.3 Å². The third-order valence-electron chi connectivity index (χ3n) is 3.00. The molecule has 0 saturated carbocycles. The minimum atomic E-state index is -0.903. The van der Waals surface area contributed by atoms with Crippen LogP contribution in [0.5, 0.6) is 11.5 Å². The van der Waals surface area contributed by atoms with Gasteiger partial charge in [-0.2, -0.15) is 0 Å². The number of hydrogen-bond donors (Lipinski definition) is 4. The molecule has 0 aromatic heterocycles. The molecule has 8 heteroatoms. The van der Waals surface area contributed by atoms with E-state index in [1.807, 2.05) is 0 Å². The van der Waals surface area contributed by atoms with Crippen LogP contribution in [0, 0.1) is 0 Å². The average Bonchev–Trinajstić information content (AvgIpc) is 2.52. The molecule has 2 aromatic carbocycles. The van der Waals surface area contributed by atoms with Crippen molar-refractivity contribution in [3.63, 3.8) is 0 Å². The van der Waals surface area contributed by atoms with Gasteiger partial charge in [0.1, 0.15) is 17.1 Å². The summed E-state index contributed by atoms with van der Waals surface area (Å²) in [5.41, 5.74) is 0.759. The largest absolute Gasteiger partial charge is 0.508 e. The Morgan fingerprint density at radius 2 is 1.68 bits per heavy atom. The number of anilines is 2. The summed E-state index contributed by atoms with van der Waals surface area (Å²) in [5, 5.41) is 23.8. The molecule has 130 valence electrons. The van der Waals surface area contributed by atoms with Crippen LogP contribution < -0.4 is 10.6 Å². The van der Waals surface area contributed by atoms with E-state index in [9.17, 15) is 24.6 Å². The Labute approximate surface area is 143 Å². The molecule has 8 nitrogen and oxygen atoms in total. The quantitative estimate of drug-likeness (QED) is 0.614. The minimum absolute atomic E-state index is 0.168. The van der Waals surface area contributed by atoms with E-state index in [0.717, 1.165) is 6.07 Å². The van der Waals surface area contributed by atoms with E-state index in [4.69, 9.17) is 4.74 Å². The van der Waals surface area contributed by atoms with Gasteiger partial charge in [-0.05, 0) is 30.3 Å². The summed E-state index contributed by atoms with van der Waals surface area (Å²) < 4.78 is 4.82. The molecule has 0 atom stereocenters. The van der Waals surface area contributed by atoms with Crippen LogP contribution in [0.2, 0.25) is 0 Å². The summed E-state index contributed by atoms with van der Waals surface area (Å²) in [6, 6.07) is 9.84. The smallest absolute Gasteiger partial charge is 0.342 e. The van der Waals surface area contributed by atoms with Crippen LogP contribution >= 0.6 is 0 Å². The van der Waals surface area contributed by atoms with Gasteiger partial charge >= 0.3 is 5.97 Å². The van der Waals surface area contributed by atoms with Gasteiger partial charge in [0, 0.05) is 24.4 Å². The number of aromatic hydroxyl groups is 2. The van der Waals surface area contributed by atoms with E-state index < -0.39 is 24.2 Å². The Hall–Kier alpha value is -3.55. The second kappa shape index (κ2) is 7.82. The maximum atomic E-state index is 11.8. The lowest BCUT2D eigenvalue weighted by Crippen LogP contribution is -2.21. The predicted octanol–water partition coefficient (Wildman–Crippen LogP) is 1.85. The Bertz CT molecular complexity index is 819. The number of hydrogen-bond acceptors (Lipinski definition) is 6. The van der Waals surface area contributed by atoms with Crippen molar-refractivity contribution in [2.24, 2.45) is 0 Å². The molecule has 0 bridgehead atoms. The summed E-state index contributed by atoms with van der Waals surface area (Å²) in [6.45, 7) is 0.799. The van der Waals surface area contributed by atoms with E-state index in [2.05, 4.69) is 10.6 Å². The van der Waals surface area contributed by atoms with Gasteiger partial charge < -0.3 is 25.6 Å². The molecule has 0 unspecified atom stereocenters. The number of phenols is 2. The number of esters is 1. The Morgan fingerprint density at radius 1 is 1.00 bits per heavy atom. The summed E-state index contributed by atoms with van der Waals surface area (Å²) in [4.78, 5) is 34.7. The fourth-order valence-electron chi connectivity index (χ4n) is 1.98. The van der Waals surface area contributed by atoms with Gasteiger partial charge in [0.25, 0.3) is 5.91 Å². The molecule has 4 N–H and O–H groups in total. The second-order valence-corrected chi connectivity index (χ2v) is 5.09. The topological polar surface area (TPSA) is 125 Å². The average molecular weight is 344 g/mol. The highest BCUT2D eigenvalue weighted by Gasteiger charge is 2.15. The predicted molar refractivity (Wildman–Crippen MR) is 89.4 cm³/mol. The standard InChI is InChI=1S/C17H16N2O6/c1-10(20)18-11-3-2-4-12(7-11)19-16(23)9-25-17(24)14-6-5-13(21)8-15(14)22/h2-8,21-22H,9H2,1H3,(H,18,20)(H,19,23). The molecule has 0 aliphatic rings. The van der Waals surface area contributed by atoms with Crippen LogP contribution in [0.4, 0.5) is 11.4 Å². The molecule has 0 spiro atoms. The van der Waals surface area contributed by atoms with Crippen LogP contribution in [0.15, 0.2) is 42.5 Å². The van der Waals surface area contributed by atoms with Crippen LogP contribution in [0.25, 0.3) is 0 Å². The molecule has 25 heavy (non-hydrogen) atoms. The van der Waals surface area contributed by atoms with E-state index in [0.29, 0.717) is 11.4 Å². The first-order valence-electron chi connectivity index (χ1n) is 7.22. The van der Waals surface area contributed by atoms with Crippen LogP contribution in [-0.2, 0) is 14.3 Å². The van der Waals surface area contributed by atoms with Crippen molar-refractivity contribution in [2.45, 2.75) is 6.92 Å². The summed E-state index contributed by atoms with van der Waals surface area (Å²) >= 11 is 0. The number of rotatable bonds is 5. The van der Waals surface area contributed by atoms with Crippen molar-refractivity contribution < 1.29 is 29.3 Å². The molecule has 0 aliphatic heterocycles. The lowest BCUT2D eigenvalue weighted by molar-refractivity contribution is -0.119. The number of benzene rings is 2. The highest BCUT2D eigenvalue weighted by atomic mass is 16.5. The van der Waals surface area contributed by atoms with E-state index in [1.54, 1.807) is 24.3 Å². The van der Waals surface area contributed by atoms with E-state index >= 15 is 0 Å². The fourth-order valence-corrected chi connectivity index (χ4v) is 1.98. The number of phenolic OH excluding ortho intramolecular Hbond substituents is 2. The maximum Gasteiger partial charge on any atom is 0.342 e. The van der Waals surface area contributed by atoms with Gasteiger partial charge in [-0.3, -0.25) is 9.59 Å². The first-order chi connectivity index (χ1) is 11.8. The Kier molecular flexibility index (Phi) is 5.57. The van der Waals surface area contributed by atoms with Crippen molar-refractivity contribution in [2.75, 3.05) is 17.2 Å². The summed E-state index contributed by atoms with van der Waals surface area (Å²) in [5.74, 6) is -2.39. The number of ether oxygens (including phenoxy) is 1. The van der Waals surface area contributed by atoms with Gasteiger partial charge in [-0.1, -0.05) is 6.07 Å². The van der Waals surface area contributed by atoms with Crippen molar-refractivity contribution >= 4 is 29.2 Å². The zero-order valence-corrected chi connectivity index (χ0v) is 13.3. The molecule has 0 heterocycles. The van der Waals surface area contributed by atoms with Gasteiger partial charge in [-0.25, -0.2) is 4.79 Å². The van der Waals surface area contributed by atoms with Crippen molar-refractivity contribution in [1.29, 1.82) is 0 Å². The first-order valence-corrected chi connectivity index (χ1v) is 7.22. The molecule has 2 aromatic rings. The number of carbonyl (C=O) groups is 3. The SMILES string of the molecule is CC(=O)Nc1cccc(NC(=O)COC(=O)c2ccc(O)cc2O)c1. The lowest BCUT2D eigenvalue weighted by Gasteiger charge is -2.09. The fraction of sp³-hybridized carbons (Fsp3) is 0.118. The third-order valence-corrected chi connectivity index (χ3v) is 3.00. The molecule has 0 aliphatic carbocycles. The van der Waals surface area contributed by atoms with Crippen molar-refractivity contribution in [3.8, 4) is 11.5 Å². The summed E-state index contributed by atoms with van der Waals surface area (Å²) in [6.07, 6.45) is 0. The van der Waals surface area contributed by atoms with Gasteiger partial charge in [0.05, 0.1) is 0 Å². The highest BCUT2D eigenvalue weighted by Crippen LogP contribution is 2.23.